The van der Waals surface area contributed by atoms with E-state index in [1.807, 2.05) is 0 Å². The van der Waals surface area contributed by atoms with Gasteiger partial charge in [0, 0.05) is 20.0 Å². The van der Waals surface area contributed by atoms with E-state index in [4.69, 9.17) is 4.55 Å². The molecule has 1 aliphatic rings. The minimum absolute atomic E-state index is 0.0700. The minimum Gasteiger partial charge on any atom is -0.320 e. The summed E-state index contributed by atoms with van der Waals surface area (Å²) in [4.78, 5) is 7.83. The fourth-order valence-corrected chi connectivity index (χ4v) is 1.46. The van der Waals surface area contributed by atoms with Crippen molar-refractivity contribution in [2.45, 2.75) is 19.3 Å². The molecule has 1 heterocycles. The van der Waals surface area contributed by atoms with Gasteiger partial charge in [-0.15, -0.1) is 0 Å². The van der Waals surface area contributed by atoms with Crippen LogP contribution >= 0.6 is 0 Å². The molecule has 6 heteroatoms. The highest BCUT2D eigenvalue weighted by Crippen LogP contribution is 2.03. The third-order valence-electron chi connectivity index (χ3n) is 1.74. The van der Waals surface area contributed by atoms with E-state index >= 15 is 0 Å². The Morgan fingerprint density at radius 2 is 2.46 bits per heavy atom. The van der Waals surface area contributed by atoms with Crippen molar-refractivity contribution in [3.05, 3.63) is 0 Å². The Morgan fingerprint density at radius 1 is 1.69 bits per heavy atom. The Balaban J connectivity index is 2.56. The van der Waals surface area contributed by atoms with Gasteiger partial charge in [0.2, 0.25) is 16.2 Å². The van der Waals surface area contributed by atoms with E-state index in [1.54, 1.807) is 0 Å². The van der Waals surface area contributed by atoms with Crippen molar-refractivity contribution in [2.24, 2.45) is 9.98 Å². The monoisotopic (exact) mass is 203 g/mol. The highest BCUT2D eigenvalue weighted by molar-refractivity contribution is 7.95. The molecule has 0 saturated carbocycles. The zero-order valence-corrected chi connectivity index (χ0v) is 8.30. The second-order valence-corrected chi connectivity index (χ2v) is 3.57. The summed E-state index contributed by atoms with van der Waals surface area (Å²) in [5.74, 6) is 0.759. The maximum absolute atomic E-state index is 10.7. The Kier molecular flexibility index (Phi) is 4.04. The van der Waals surface area contributed by atoms with Crippen molar-refractivity contribution in [2.75, 3.05) is 13.6 Å². The Hall–Kier alpha value is -0.750. The zero-order chi connectivity index (χ0) is 9.68. The van der Waals surface area contributed by atoms with Crippen molar-refractivity contribution in [3.63, 3.8) is 0 Å². The summed E-state index contributed by atoms with van der Waals surface area (Å²) >= 11 is -2.05. The van der Waals surface area contributed by atoms with E-state index in [2.05, 4.69) is 15.3 Å². The molecule has 0 bridgehead atoms. The van der Waals surface area contributed by atoms with Crippen LogP contribution in [-0.4, -0.2) is 33.4 Å². The lowest BCUT2D eigenvalue weighted by molar-refractivity contribution is 0.576. The van der Waals surface area contributed by atoms with Gasteiger partial charge < -0.3 is 5.32 Å². The fraction of sp³-hybridized carbons (Fsp3) is 0.714. The van der Waals surface area contributed by atoms with E-state index in [0.29, 0.717) is 0 Å². The summed E-state index contributed by atoms with van der Waals surface area (Å²) in [5.41, 5.74) is 0. The third-order valence-corrected chi connectivity index (χ3v) is 2.36. The number of aliphatic imine (C=N–C) groups is 2. The van der Waals surface area contributed by atoms with Crippen molar-refractivity contribution in [1.29, 1.82) is 0 Å². The molecule has 0 saturated heterocycles. The molecule has 1 unspecified atom stereocenters. The molecule has 0 fully saturated rings. The second-order valence-electron chi connectivity index (χ2n) is 2.69. The van der Waals surface area contributed by atoms with Gasteiger partial charge in [0.1, 0.15) is 5.84 Å². The number of hydrogen-bond donors (Lipinski definition) is 2. The minimum atomic E-state index is -2.05. The first-order valence-electron chi connectivity index (χ1n) is 4.12. The predicted octanol–water partition coefficient (Wildman–Crippen LogP) is 0.366. The van der Waals surface area contributed by atoms with Crippen LogP contribution < -0.4 is 5.32 Å². The molecule has 0 aromatic carbocycles. The molecule has 1 aliphatic heterocycles. The lowest BCUT2D eigenvalue weighted by Gasteiger charge is -2.13. The summed E-state index contributed by atoms with van der Waals surface area (Å²) in [5, 5.41) is 2.82. The fourth-order valence-electron chi connectivity index (χ4n) is 1.10. The Bertz CT molecular complexity index is 262. The Morgan fingerprint density at radius 3 is 2.92 bits per heavy atom. The van der Waals surface area contributed by atoms with E-state index in [1.165, 1.54) is 7.05 Å². The molecule has 1 rings (SSSR count). The lowest BCUT2D eigenvalue weighted by atomic mass is 10.2. The zero-order valence-electron chi connectivity index (χ0n) is 7.49. The third kappa shape index (κ3) is 3.23. The molecule has 5 nitrogen and oxygen atoms in total. The summed E-state index contributed by atoms with van der Waals surface area (Å²) in [6.45, 7) is 0.789. The van der Waals surface area contributed by atoms with Crippen LogP contribution in [0, 0.1) is 0 Å². The molecule has 0 aromatic rings. The first kappa shape index (κ1) is 10.3. The average molecular weight is 203 g/mol. The summed E-state index contributed by atoms with van der Waals surface area (Å²) in [6.07, 6.45) is 2.99. The van der Waals surface area contributed by atoms with Gasteiger partial charge in [-0.3, -0.25) is 14.5 Å². The van der Waals surface area contributed by atoms with Gasteiger partial charge in [-0.05, 0) is 12.8 Å². The van der Waals surface area contributed by atoms with Crippen molar-refractivity contribution in [3.8, 4) is 0 Å². The summed E-state index contributed by atoms with van der Waals surface area (Å²) in [6, 6.07) is 0. The van der Waals surface area contributed by atoms with Gasteiger partial charge in [-0.25, -0.2) is 4.21 Å². The molecule has 2 N–H and O–H groups in total. The molecular weight excluding hydrogens is 190 g/mol. The summed E-state index contributed by atoms with van der Waals surface area (Å²) < 4.78 is 19.4. The molecule has 0 aromatic heterocycles. The van der Waals surface area contributed by atoms with Crippen LogP contribution in [0.4, 0.5) is 0 Å². The highest BCUT2D eigenvalue weighted by Gasteiger charge is 2.10. The number of nitrogens with one attached hydrogen (secondary N) is 1. The van der Waals surface area contributed by atoms with Crippen LogP contribution in [0.3, 0.4) is 0 Å². The van der Waals surface area contributed by atoms with Gasteiger partial charge in [0.15, 0.2) is 0 Å². The normalized spacial score (nSPS) is 20.8. The second kappa shape index (κ2) is 5.08. The quantitative estimate of drug-likeness (QED) is 0.339. The SMILES string of the molecule is CN=C(NC1=NCCCC1)S(=O)O. The number of nitrogens with zero attached hydrogens (tertiary/aromatic N) is 2. The molecule has 0 spiro atoms. The van der Waals surface area contributed by atoms with Gasteiger partial charge >= 0.3 is 0 Å². The van der Waals surface area contributed by atoms with Crippen molar-refractivity contribution < 1.29 is 8.76 Å². The number of amidine groups is 2. The first-order chi connectivity index (χ1) is 6.24. The first-order valence-corrected chi connectivity index (χ1v) is 5.22. The van der Waals surface area contributed by atoms with E-state index in [-0.39, 0.29) is 5.17 Å². The van der Waals surface area contributed by atoms with E-state index < -0.39 is 11.1 Å². The van der Waals surface area contributed by atoms with Crippen LogP contribution in [0.15, 0.2) is 9.98 Å². The molecular formula is C7H13N3O2S. The molecule has 0 radical (unpaired) electrons. The average Bonchev–Trinajstić information content (AvgIpc) is 2.15. The maximum atomic E-state index is 10.7. The van der Waals surface area contributed by atoms with Crippen molar-refractivity contribution in [1.82, 2.24) is 5.32 Å². The number of hydrogen-bond acceptors (Lipinski definition) is 3. The topological polar surface area (TPSA) is 74.0 Å². The van der Waals surface area contributed by atoms with Crippen LogP contribution in [0.2, 0.25) is 0 Å². The maximum Gasteiger partial charge on any atom is 0.223 e. The molecule has 0 amide bonds. The smallest absolute Gasteiger partial charge is 0.223 e. The largest absolute Gasteiger partial charge is 0.320 e. The van der Waals surface area contributed by atoms with E-state index in [0.717, 1.165) is 31.6 Å². The molecule has 0 aliphatic carbocycles. The standard InChI is InChI=1S/C7H13N3O2S/c1-8-7(13(11)12)10-6-4-2-3-5-9-6/h2-5H2,1H3,(H,11,12)(H,8,9,10). The van der Waals surface area contributed by atoms with E-state index in [9.17, 15) is 4.21 Å². The Labute approximate surface area is 79.6 Å². The van der Waals surface area contributed by atoms with Gasteiger partial charge in [0.25, 0.3) is 0 Å². The van der Waals surface area contributed by atoms with Gasteiger partial charge in [-0.2, -0.15) is 0 Å². The number of rotatable bonds is 0. The highest BCUT2D eigenvalue weighted by atomic mass is 32.2. The molecule has 1 atom stereocenters. The van der Waals surface area contributed by atoms with Gasteiger partial charge in [0.05, 0.1) is 0 Å². The van der Waals surface area contributed by atoms with Crippen LogP contribution in [-0.2, 0) is 11.1 Å². The molecule has 13 heavy (non-hydrogen) atoms. The predicted molar refractivity (Wildman–Crippen MR) is 53.4 cm³/mol. The van der Waals surface area contributed by atoms with Crippen LogP contribution in [0.5, 0.6) is 0 Å². The van der Waals surface area contributed by atoms with Crippen LogP contribution in [0.1, 0.15) is 19.3 Å². The molecule has 74 valence electrons. The summed E-state index contributed by atoms with van der Waals surface area (Å²) in [7, 11) is 1.47. The lowest BCUT2D eigenvalue weighted by Crippen LogP contribution is -2.34. The van der Waals surface area contributed by atoms with Crippen LogP contribution in [0.25, 0.3) is 0 Å². The van der Waals surface area contributed by atoms with Gasteiger partial charge in [-0.1, -0.05) is 0 Å². The van der Waals surface area contributed by atoms with Crippen molar-refractivity contribution >= 4 is 22.1 Å².